The second-order valence-electron chi connectivity index (χ2n) is 2.23. The van der Waals surface area contributed by atoms with E-state index in [0.29, 0.717) is 0 Å². The maximum Gasteiger partial charge on any atom is 0.252 e. The smallest absolute Gasteiger partial charge is 0.252 e. The van der Waals surface area contributed by atoms with Crippen molar-refractivity contribution in [1.82, 2.24) is 0 Å². The molecule has 0 aliphatic rings. The number of hydrogen-bond acceptors (Lipinski definition) is 1. The molecule has 0 aliphatic carbocycles. The molecule has 0 heterocycles. The van der Waals surface area contributed by atoms with Gasteiger partial charge in [-0.15, -0.1) is 0 Å². The van der Waals surface area contributed by atoms with E-state index in [1.54, 1.807) is 6.07 Å². The number of rotatable bonds is 2. The molecule has 1 nitrogen and oxygen atoms in total. The zero-order chi connectivity index (χ0) is 9.14. The Hall–Kier alpha value is -1.15. The highest BCUT2D eigenvalue weighted by Gasteiger charge is 2.09. The normalized spacial score (nSPS) is 9.50. The molecule has 0 bridgehead atoms. The number of carbonyl (C=O) groups excluding carboxylic acids is 1. The first kappa shape index (κ1) is 8.94. The number of benzene rings is 1. The number of halogens is 2. The van der Waals surface area contributed by atoms with Crippen molar-refractivity contribution in [2.75, 3.05) is 0 Å². The summed E-state index contributed by atoms with van der Waals surface area (Å²) in [6, 6.07) is 5.85. The van der Waals surface area contributed by atoms with Gasteiger partial charge in [-0.05, 0) is 17.7 Å². The quantitative estimate of drug-likeness (QED) is 0.510. The van der Waals surface area contributed by atoms with Gasteiger partial charge in [0, 0.05) is 11.1 Å². The molecule has 0 N–H and O–H groups in total. The second-order valence-corrected chi connectivity index (χ2v) is 2.58. The average Bonchev–Trinajstić information content (AvgIpc) is 2.04. The van der Waals surface area contributed by atoms with Crippen molar-refractivity contribution >= 4 is 22.4 Å². The van der Waals surface area contributed by atoms with Crippen LogP contribution < -0.4 is 0 Å². The molecule has 12 heavy (non-hydrogen) atoms. The van der Waals surface area contributed by atoms with Crippen LogP contribution >= 0.6 is 11.6 Å². The molecule has 62 valence electrons. The third kappa shape index (κ3) is 1.71. The van der Waals surface area contributed by atoms with Gasteiger partial charge in [0.15, 0.2) is 0 Å². The summed E-state index contributed by atoms with van der Waals surface area (Å²) in [4.78, 5) is 10.6. The van der Waals surface area contributed by atoms with E-state index in [0.717, 1.165) is 0 Å². The van der Waals surface area contributed by atoms with Crippen LogP contribution in [0.15, 0.2) is 30.8 Å². The van der Waals surface area contributed by atoms with Gasteiger partial charge in [-0.3, -0.25) is 4.79 Å². The topological polar surface area (TPSA) is 17.1 Å². The Kier molecular flexibility index (Phi) is 2.61. The number of hydrogen-bond donors (Lipinski definition) is 0. The minimum absolute atomic E-state index is 0.0187. The molecule has 0 aromatic heterocycles. The van der Waals surface area contributed by atoms with E-state index in [2.05, 4.69) is 6.58 Å². The van der Waals surface area contributed by atoms with Crippen molar-refractivity contribution in [2.24, 2.45) is 0 Å². The summed E-state index contributed by atoms with van der Waals surface area (Å²) < 4.78 is 12.9. The lowest BCUT2D eigenvalue weighted by Gasteiger charge is -2.00. The molecule has 0 spiro atoms. The van der Waals surface area contributed by atoms with Gasteiger partial charge >= 0.3 is 0 Å². The van der Waals surface area contributed by atoms with Crippen molar-refractivity contribution in [3.05, 3.63) is 42.2 Å². The van der Waals surface area contributed by atoms with Crippen LogP contribution in [0.1, 0.15) is 5.56 Å². The molecule has 0 fully saturated rings. The molecule has 0 atom stereocenters. The van der Waals surface area contributed by atoms with Gasteiger partial charge in [-0.1, -0.05) is 24.8 Å². The largest absolute Gasteiger partial charge is 0.276 e. The lowest BCUT2D eigenvalue weighted by Crippen LogP contribution is -1.94. The van der Waals surface area contributed by atoms with E-state index in [4.69, 9.17) is 11.6 Å². The molecule has 0 unspecified atom stereocenters. The predicted octanol–water partition coefficient (Wildman–Crippen LogP) is 2.60. The highest BCUT2D eigenvalue weighted by Crippen LogP contribution is 2.17. The monoisotopic (exact) mass is 184 g/mol. The third-order valence-corrected chi connectivity index (χ3v) is 1.66. The lowest BCUT2D eigenvalue weighted by molar-refractivity contribution is -0.106. The summed E-state index contributed by atoms with van der Waals surface area (Å²) in [6.07, 6.45) is 0. The zero-order valence-electron chi connectivity index (χ0n) is 6.18. The van der Waals surface area contributed by atoms with E-state index in [-0.39, 0.29) is 11.1 Å². The van der Waals surface area contributed by atoms with Gasteiger partial charge in [-0.25, -0.2) is 4.39 Å². The van der Waals surface area contributed by atoms with Crippen molar-refractivity contribution in [3.63, 3.8) is 0 Å². The molecule has 0 radical (unpaired) electrons. The third-order valence-electron chi connectivity index (χ3n) is 1.44. The summed E-state index contributed by atoms with van der Waals surface area (Å²) >= 11 is 5.13. The van der Waals surface area contributed by atoms with Gasteiger partial charge < -0.3 is 0 Å². The highest BCUT2D eigenvalue weighted by atomic mass is 35.5. The Labute approximate surface area is 74.5 Å². The summed E-state index contributed by atoms with van der Waals surface area (Å²) in [5, 5.41) is -0.736. The molecular weight excluding hydrogens is 179 g/mol. The van der Waals surface area contributed by atoms with Gasteiger partial charge in [0.25, 0.3) is 5.24 Å². The standard InChI is InChI=1S/C9H6ClFO/c1-6(9(10)12)7-4-2-3-5-8(7)11/h2-5H,1H2. The van der Waals surface area contributed by atoms with Gasteiger partial charge in [0.1, 0.15) is 5.82 Å². The Balaban J connectivity index is 3.11. The molecule has 1 aromatic carbocycles. The van der Waals surface area contributed by atoms with Gasteiger partial charge in [0.05, 0.1) is 0 Å². The van der Waals surface area contributed by atoms with E-state index >= 15 is 0 Å². The van der Waals surface area contributed by atoms with Crippen LogP contribution in [0.3, 0.4) is 0 Å². The van der Waals surface area contributed by atoms with E-state index in [1.807, 2.05) is 0 Å². The summed E-state index contributed by atoms with van der Waals surface area (Å²) in [5.74, 6) is -0.489. The fourth-order valence-electron chi connectivity index (χ4n) is 0.812. The number of carbonyl (C=O) groups is 1. The Morgan fingerprint density at radius 1 is 1.42 bits per heavy atom. The molecule has 3 heteroatoms. The van der Waals surface area contributed by atoms with Crippen LogP contribution in [0.4, 0.5) is 4.39 Å². The van der Waals surface area contributed by atoms with Crippen molar-refractivity contribution < 1.29 is 9.18 Å². The second kappa shape index (κ2) is 3.50. The van der Waals surface area contributed by atoms with Crippen molar-refractivity contribution in [3.8, 4) is 0 Å². The molecule has 0 saturated heterocycles. The van der Waals surface area contributed by atoms with Crippen LogP contribution in [0.2, 0.25) is 0 Å². The molecular formula is C9H6ClFO. The summed E-state index contributed by atoms with van der Waals surface area (Å²) in [5.41, 5.74) is 0.132. The van der Waals surface area contributed by atoms with Crippen LogP contribution in [0.5, 0.6) is 0 Å². The zero-order valence-corrected chi connectivity index (χ0v) is 6.94. The molecule has 0 aliphatic heterocycles. The Morgan fingerprint density at radius 2 is 2.00 bits per heavy atom. The van der Waals surface area contributed by atoms with Crippen molar-refractivity contribution in [2.45, 2.75) is 0 Å². The van der Waals surface area contributed by atoms with E-state index in [9.17, 15) is 9.18 Å². The first-order chi connectivity index (χ1) is 5.63. The predicted molar refractivity (Wildman–Crippen MR) is 46.3 cm³/mol. The van der Waals surface area contributed by atoms with E-state index < -0.39 is 11.1 Å². The van der Waals surface area contributed by atoms with Crippen LogP contribution in [0, 0.1) is 5.82 Å². The van der Waals surface area contributed by atoms with Gasteiger partial charge in [-0.2, -0.15) is 0 Å². The van der Waals surface area contributed by atoms with Crippen LogP contribution in [-0.2, 0) is 4.79 Å². The average molecular weight is 185 g/mol. The minimum atomic E-state index is -0.736. The Bertz CT molecular complexity index is 333. The van der Waals surface area contributed by atoms with Crippen molar-refractivity contribution in [1.29, 1.82) is 0 Å². The fraction of sp³-hybridized carbons (Fsp3) is 0. The minimum Gasteiger partial charge on any atom is -0.276 e. The fourth-order valence-corrected chi connectivity index (χ4v) is 0.914. The molecule has 0 amide bonds. The Morgan fingerprint density at radius 3 is 2.50 bits per heavy atom. The van der Waals surface area contributed by atoms with E-state index in [1.165, 1.54) is 18.2 Å². The SMILES string of the molecule is C=C(C(=O)Cl)c1ccccc1F. The number of allylic oxidation sites excluding steroid dienone is 1. The maximum atomic E-state index is 12.9. The summed E-state index contributed by atoms with van der Waals surface area (Å²) in [7, 11) is 0. The molecule has 1 aromatic rings. The first-order valence-corrected chi connectivity index (χ1v) is 3.64. The van der Waals surface area contributed by atoms with Crippen LogP contribution in [0.25, 0.3) is 5.57 Å². The summed E-state index contributed by atoms with van der Waals surface area (Å²) in [6.45, 7) is 3.36. The molecule has 0 saturated carbocycles. The lowest BCUT2D eigenvalue weighted by atomic mass is 10.1. The first-order valence-electron chi connectivity index (χ1n) is 3.26. The molecule has 1 rings (SSSR count). The van der Waals surface area contributed by atoms with Gasteiger partial charge in [0.2, 0.25) is 0 Å². The highest BCUT2D eigenvalue weighted by molar-refractivity contribution is 6.74. The maximum absolute atomic E-state index is 12.9. The van der Waals surface area contributed by atoms with Crippen LogP contribution in [-0.4, -0.2) is 5.24 Å².